The van der Waals surface area contributed by atoms with E-state index in [9.17, 15) is 4.79 Å². The molecule has 0 aromatic heterocycles. The van der Waals surface area contributed by atoms with Crippen molar-refractivity contribution in [1.82, 2.24) is 0 Å². The molecular formula is C10H20O5. The van der Waals surface area contributed by atoms with Gasteiger partial charge in [-0.15, -0.1) is 0 Å². The first-order valence-corrected chi connectivity index (χ1v) is 4.89. The minimum absolute atomic E-state index is 0.0771. The number of aliphatic hydroxyl groups is 2. The summed E-state index contributed by atoms with van der Waals surface area (Å²) in [5, 5.41) is 17.5. The Morgan fingerprint density at radius 3 is 2.53 bits per heavy atom. The van der Waals surface area contributed by atoms with E-state index < -0.39 is 11.5 Å². The van der Waals surface area contributed by atoms with E-state index in [4.69, 9.17) is 14.9 Å². The molecule has 5 heteroatoms. The van der Waals surface area contributed by atoms with E-state index in [0.717, 1.165) is 0 Å². The highest BCUT2D eigenvalue weighted by Crippen LogP contribution is 2.21. The van der Waals surface area contributed by atoms with Crippen molar-refractivity contribution in [3.8, 4) is 0 Å². The molecule has 0 rings (SSSR count). The number of aliphatic hydroxyl groups excluding tert-OH is 2. The molecule has 0 saturated heterocycles. The monoisotopic (exact) mass is 220 g/mol. The summed E-state index contributed by atoms with van der Waals surface area (Å²) >= 11 is 0. The third-order valence-corrected chi connectivity index (χ3v) is 2.13. The van der Waals surface area contributed by atoms with Crippen LogP contribution in [0.3, 0.4) is 0 Å². The smallest absolute Gasteiger partial charge is 0.311 e. The standard InChI is InChI=1S/C10H20O5/c1-10(2,9(13)14-3)4-5-15-7-8(12)6-11/h8,11-12H,4-7H2,1-3H3. The first kappa shape index (κ1) is 14.3. The molecule has 0 aliphatic rings. The molecule has 0 aliphatic carbocycles. The van der Waals surface area contributed by atoms with Crippen molar-refractivity contribution in [1.29, 1.82) is 0 Å². The van der Waals surface area contributed by atoms with Gasteiger partial charge < -0.3 is 19.7 Å². The highest BCUT2D eigenvalue weighted by atomic mass is 16.5. The lowest BCUT2D eigenvalue weighted by Crippen LogP contribution is -2.28. The van der Waals surface area contributed by atoms with E-state index in [1.807, 2.05) is 0 Å². The number of carbonyl (C=O) groups excluding carboxylic acids is 1. The Hall–Kier alpha value is -0.650. The molecule has 0 fully saturated rings. The SMILES string of the molecule is COC(=O)C(C)(C)CCOCC(O)CO. The Balaban J connectivity index is 3.71. The maximum Gasteiger partial charge on any atom is 0.311 e. The topological polar surface area (TPSA) is 76.0 Å². The molecule has 5 nitrogen and oxygen atoms in total. The molecule has 2 N–H and O–H groups in total. The second-order valence-electron chi connectivity index (χ2n) is 4.04. The number of carbonyl (C=O) groups is 1. The van der Waals surface area contributed by atoms with Gasteiger partial charge in [-0.25, -0.2) is 0 Å². The van der Waals surface area contributed by atoms with Gasteiger partial charge in [-0.05, 0) is 20.3 Å². The summed E-state index contributed by atoms with van der Waals surface area (Å²) in [5.74, 6) is -0.284. The minimum atomic E-state index is -0.855. The quantitative estimate of drug-likeness (QED) is 0.464. The fourth-order valence-corrected chi connectivity index (χ4v) is 0.978. The van der Waals surface area contributed by atoms with Gasteiger partial charge in [0.1, 0.15) is 6.10 Å². The molecular weight excluding hydrogens is 200 g/mol. The number of rotatable bonds is 7. The summed E-state index contributed by atoms with van der Waals surface area (Å²) in [7, 11) is 1.35. The summed E-state index contributed by atoms with van der Waals surface area (Å²) in [6, 6.07) is 0. The highest BCUT2D eigenvalue weighted by Gasteiger charge is 2.28. The average molecular weight is 220 g/mol. The molecule has 0 aromatic carbocycles. The van der Waals surface area contributed by atoms with Crippen molar-refractivity contribution in [3.63, 3.8) is 0 Å². The Bertz CT molecular complexity index is 190. The number of hydrogen-bond acceptors (Lipinski definition) is 5. The summed E-state index contributed by atoms with van der Waals surface area (Å²) in [6.45, 7) is 3.64. The van der Waals surface area contributed by atoms with Gasteiger partial charge in [0, 0.05) is 6.61 Å². The van der Waals surface area contributed by atoms with Crippen molar-refractivity contribution in [3.05, 3.63) is 0 Å². The molecule has 0 amide bonds. The first-order chi connectivity index (χ1) is 6.94. The lowest BCUT2D eigenvalue weighted by atomic mass is 9.90. The van der Waals surface area contributed by atoms with Crippen molar-refractivity contribution in [2.24, 2.45) is 5.41 Å². The van der Waals surface area contributed by atoms with Crippen molar-refractivity contribution in [2.75, 3.05) is 26.9 Å². The van der Waals surface area contributed by atoms with Gasteiger partial charge in [0.05, 0.1) is 25.7 Å². The number of ether oxygens (including phenoxy) is 2. The normalized spacial score (nSPS) is 13.7. The van der Waals surface area contributed by atoms with Crippen LogP contribution in [0.2, 0.25) is 0 Å². The fraction of sp³-hybridized carbons (Fsp3) is 0.900. The molecule has 90 valence electrons. The van der Waals surface area contributed by atoms with Crippen LogP contribution in [0.4, 0.5) is 0 Å². The molecule has 1 atom stereocenters. The van der Waals surface area contributed by atoms with Crippen LogP contribution >= 0.6 is 0 Å². The van der Waals surface area contributed by atoms with Gasteiger partial charge >= 0.3 is 5.97 Å². The second-order valence-corrected chi connectivity index (χ2v) is 4.04. The molecule has 15 heavy (non-hydrogen) atoms. The molecule has 1 unspecified atom stereocenters. The molecule has 0 radical (unpaired) electrons. The number of methoxy groups -OCH3 is 1. The predicted molar refractivity (Wildman–Crippen MR) is 54.3 cm³/mol. The van der Waals surface area contributed by atoms with Crippen LogP contribution in [0.1, 0.15) is 20.3 Å². The van der Waals surface area contributed by atoms with Gasteiger partial charge in [-0.2, -0.15) is 0 Å². The largest absolute Gasteiger partial charge is 0.469 e. The van der Waals surface area contributed by atoms with E-state index in [0.29, 0.717) is 13.0 Å². The van der Waals surface area contributed by atoms with Gasteiger partial charge in [0.15, 0.2) is 0 Å². The van der Waals surface area contributed by atoms with Crippen LogP contribution in [0.15, 0.2) is 0 Å². The molecule has 0 spiro atoms. The van der Waals surface area contributed by atoms with E-state index in [-0.39, 0.29) is 19.2 Å². The predicted octanol–water partition coefficient (Wildman–Crippen LogP) is -0.0545. The molecule has 0 bridgehead atoms. The van der Waals surface area contributed by atoms with Gasteiger partial charge in [0.25, 0.3) is 0 Å². The molecule has 0 saturated carbocycles. The van der Waals surface area contributed by atoms with Gasteiger partial charge in [0.2, 0.25) is 0 Å². The third-order valence-electron chi connectivity index (χ3n) is 2.13. The second kappa shape index (κ2) is 6.76. The van der Waals surface area contributed by atoms with Crippen LogP contribution in [0, 0.1) is 5.41 Å². The summed E-state index contributed by atoms with van der Waals surface area (Å²) in [5.41, 5.74) is -0.584. The summed E-state index contributed by atoms with van der Waals surface area (Å²) in [6.07, 6.45) is -0.344. The van der Waals surface area contributed by atoms with Gasteiger partial charge in [-0.1, -0.05) is 0 Å². The lowest BCUT2D eigenvalue weighted by molar-refractivity contribution is -0.152. The van der Waals surface area contributed by atoms with E-state index >= 15 is 0 Å². The Morgan fingerprint density at radius 1 is 1.47 bits per heavy atom. The van der Waals surface area contributed by atoms with Crippen LogP contribution in [0.25, 0.3) is 0 Å². The molecule has 0 aliphatic heterocycles. The van der Waals surface area contributed by atoms with Crippen molar-refractivity contribution < 1.29 is 24.5 Å². The average Bonchev–Trinajstić information content (AvgIpc) is 2.22. The maximum absolute atomic E-state index is 11.3. The molecule has 0 heterocycles. The van der Waals surface area contributed by atoms with Crippen LogP contribution in [-0.4, -0.2) is 49.2 Å². The first-order valence-electron chi connectivity index (χ1n) is 4.89. The number of esters is 1. The fourth-order valence-electron chi connectivity index (χ4n) is 0.978. The van der Waals surface area contributed by atoms with Crippen LogP contribution in [0.5, 0.6) is 0 Å². The van der Waals surface area contributed by atoms with Gasteiger partial charge in [-0.3, -0.25) is 4.79 Å². The van der Waals surface area contributed by atoms with Crippen molar-refractivity contribution in [2.45, 2.75) is 26.4 Å². The van der Waals surface area contributed by atoms with Crippen LogP contribution < -0.4 is 0 Å². The minimum Gasteiger partial charge on any atom is -0.469 e. The Morgan fingerprint density at radius 2 is 2.07 bits per heavy atom. The Kier molecular flexibility index (Phi) is 6.47. The summed E-state index contributed by atoms with van der Waals surface area (Å²) < 4.78 is 9.73. The zero-order valence-corrected chi connectivity index (χ0v) is 9.52. The van der Waals surface area contributed by atoms with Crippen LogP contribution in [-0.2, 0) is 14.3 Å². The number of hydrogen-bond donors (Lipinski definition) is 2. The maximum atomic E-state index is 11.3. The third kappa shape index (κ3) is 5.71. The Labute approximate surface area is 90.0 Å². The summed E-state index contributed by atoms with van der Waals surface area (Å²) in [4.78, 5) is 11.3. The zero-order valence-electron chi connectivity index (χ0n) is 9.52. The van der Waals surface area contributed by atoms with E-state index in [1.54, 1.807) is 13.8 Å². The van der Waals surface area contributed by atoms with E-state index in [1.165, 1.54) is 7.11 Å². The lowest BCUT2D eigenvalue weighted by Gasteiger charge is -2.21. The zero-order chi connectivity index (χ0) is 11.9. The highest BCUT2D eigenvalue weighted by molar-refractivity contribution is 5.75. The molecule has 0 aromatic rings. The van der Waals surface area contributed by atoms with Crippen molar-refractivity contribution >= 4 is 5.97 Å². The van der Waals surface area contributed by atoms with E-state index in [2.05, 4.69) is 4.74 Å².